The number of carboxylic acids is 1. The van der Waals surface area contributed by atoms with Crippen molar-refractivity contribution in [3.05, 3.63) is 96.2 Å². The number of aliphatic carboxylic acids is 1. The van der Waals surface area contributed by atoms with Crippen molar-refractivity contribution in [2.24, 2.45) is 0 Å². The molecule has 0 spiro atoms. The molecule has 0 unspecified atom stereocenters. The molecule has 4 aromatic rings. The molecule has 1 heterocycles. The fourth-order valence-corrected chi connectivity index (χ4v) is 4.65. The lowest BCUT2D eigenvalue weighted by Crippen LogP contribution is -2.42. The first-order valence-electron chi connectivity index (χ1n) is 10.1. The topological polar surface area (TPSA) is 128 Å². The smallest absolute Gasteiger partial charge is 0.322 e. The molecule has 1 amide bonds. The number of aromatic amines is 1. The summed E-state index contributed by atoms with van der Waals surface area (Å²) in [6.07, 6.45) is 1.64. The molecule has 0 bridgehead atoms. The van der Waals surface area contributed by atoms with Crippen LogP contribution in [-0.2, 0) is 21.2 Å². The van der Waals surface area contributed by atoms with E-state index in [-0.39, 0.29) is 22.8 Å². The lowest BCUT2D eigenvalue weighted by atomic mass is 10.1. The van der Waals surface area contributed by atoms with Crippen molar-refractivity contribution in [3.8, 4) is 0 Å². The van der Waals surface area contributed by atoms with Crippen molar-refractivity contribution in [2.45, 2.75) is 17.4 Å². The summed E-state index contributed by atoms with van der Waals surface area (Å²) in [7, 11) is -4.14. The van der Waals surface area contributed by atoms with Crippen LogP contribution >= 0.6 is 0 Å². The van der Waals surface area contributed by atoms with Crippen LogP contribution in [0.15, 0.2) is 90.0 Å². The molecule has 0 saturated carbocycles. The Hall–Kier alpha value is -3.95. The largest absolute Gasteiger partial charge is 0.480 e. The number of fused-ring (bicyclic) bond motifs is 1. The molecular weight excluding hydrogens is 442 g/mol. The van der Waals surface area contributed by atoms with Crippen molar-refractivity contribution in [2.75, 3.05) is 5.32 Å². The molecule has 9 heteroatoms. The summed E-state index contributed by atoms with van der Waals surface area (Å²) in [5, 5.41) is 13.2. The molecular formula is C24H21N3O5S. The van der Waals surface area contributed by atoms with Crippen LogP contribution in [0.5, 0.6) is 0 Å². The zero-order chi connectivity index (χ0) is 23.4. The van der Waals surface area contributed by atoms with Crippen LogP contribution in [0.3, 0.4) is 0 Å². The summed E-state index contributed by atoms with van der Waals surface area (Å²) in [4.78, 5) is 27.1. The molecule has 8 nitrogen and oxygen atoms in total. The van der Waals surface area contributed by atoms with Gasteiger partial charge in [0.1, 0.15) is 6.04 Å². The van der Waals surface area contributed by atoms with Crippen LogP contribution in [0.2, 0.25) is 0 Å². The molecule has 1 atom stereocenters. The van der Waals surface area contributed by atoms with Gasteiger partial charge in [0, 0.05) is 34.8 Å². The second-order valence-corrected chi connectivity index (χ2v) is 9.13. The van der Waals surface area contributed by atoms with Crippen LogP contribution in [0, 0.1) is 0 Å². The van der Waals surface area contributed by atoms with Gasteiger partial charge >= 0.3 is 5.97 Å². The van der Waals surface area contributed by atoms with Gasteiger partial charge in [0.15, 0.2) is 0 Å². The molecule has 0 saturated heterocycles. The molecule has 3 aromatic carbocycles. The van der Waals surface area contributed by atoms with E-state index in [1.54, 1.807) is 30.5 Å². The molecule has 0 radical (unpaired) electrons. The minimum atomic E-state index is -4.14. The number of nitrogens with one attached hydrogen (secondary N) is 3. The van der Waals surface area contributed by atoms with Gasteiger partial charge in [-0.1, -0.05) is 36.4 Å². The number of carbonyl (C=O) groups excluding carboxylic acids is 1. The van der Waals surface area contributed by atoms with E-state index in [0.717, 1.165) is 10.9 Å². The number of hydrogen-bond donors (Lipinski definition) is 4. The first-order valence-corrected chi connectivity index (χ1v) is 11.6. The maximum absolute atomic E-state index is 12.8. The highest BCUT2D eigenvalue weighted by Crippen LogP contribution is 2.20. The zero-order valence-corrected chi connectivity index (χ0v) is 18.2. The molecule has 0 aliphatic heterocycles. The van der Waals surface area contributed by atoms with Gasteiger partial charge < -0.3 is 15.4 Å². The van der Waals surface area contributed by atoms with Gasteiger partial charge in [-0.3, -0.25) is 9.59 Å². The summed E-state index contributed by atoms with van der Waals surface area (Å²) >= 11 is 0. The second-order valence-electron chi connectivity index (χ2n) is 7.42. The fraction of sp³-hybridized carbons (Fsp3) is 0.0833. The van der Waals surface area contributed by atoms with Gasteiger partial charge in [-0.05, 0) is 48.0 Å². The third-order valence-corrected chi connectivity index (χ3v) is 6.64. The van der Waals surface area contributed by atoms with Crippen LogP contribution in [-0.4, -0.2) is 36.4 Å². The number of hydrogen-bond acceptors (Lipinski definition) is 4. The van der Waals surface area contributed by atoms with Gasteiger partial charge in [0.05, 0.1) is 4.90 Å². The highest BCUT2D eigenvalue weighted by Gasteiger charge is 2.26. The maximum Gasteiger partial charge on any atom is 0.322 e. The van der Waals surface area contributed by atoms with E-state index in [1.165, 1.54) is 24.3 Å². The van der Waals surface area contributed by atoms with Crippen LogP contribution in [0.4, 0.5) is 5.69 Å². The predicted molar refractivity (Wildman–Crippen MR) is 125 cm³/mol. The third-order valence-electron chi connectivity index (χ3n) is 5.15. The molecule has 33 heavy (non-hydrogen) atoms. The third kappa shape index (κ3) is 5.11. The zero-order valence-electron chi connectivity index (χ0n) is 17.4. The van der Waals surface area contributed by atoms with E-state index in [9.17, 15) is 23.1 Å². The molecule has 0 aliphatic rings. The second kappa shape index (κ2) is 9.27. The highest BCUT2D eigenvalue weighted by atomic mass is 32.2. The maximum atomic E-state index is 12.8. The van der Waals surface area contributed by atoms with E-state index >= 15 is 0 Å². The number of anilines is 1. The van der Waals surface area contributed by atoms with E-state index in [0.29, 0.717) is 11.3 Å². The van der Waals surface area contributed by atoms with E-state index < -0.39 is 22.0 Å². The molecule has 168 valence electrons. The highest BCUT2D eigenvalue weighted by molar-refractivity contribution is 7.89. The van der Waals surface area contributed by atoms with Gasteiger partial charge in [0.2, 0.25) is 10.0 Å². The van der Waals surface area contributed by atoms with E-state index in [2.05, 4.69) is 15.0 Å². The lowest BCUT2D eigenvalue weighted by molar-refractivity contribution is -0.138. The average molecular weight is 464 g/mol. The Kier molecular flexibility index (Phi) is 6.25. The van der Waals surface area contributed by atoms with Crippen molar-refractivity contribution < 1.29 is 23.1 Å². The normalized spacial score (nSPS) is 12.4. The lowest BCUT2D eigenvalue weighted by Gasteiger charge is -2.15. The number of carboxylic acid groups (broad SMARTS) is 1. The summed E-state index contributed by atoms with van der Waals surface area (Å²) < 4.78 is 27.9. The minimum Gasteiger partial charge on any atom is -0.480 e. The SMILES string of the molecule is O=C(Nc1ccccc1)c1ccc(S(=O)(=O)N[C@H](Cc2c[nH]c3ccccc23)C(=O)O)cc1. The Morgan fingerprint density at radius 3 is 2.27 bits per heavy atom. The summed E-state index contributed by atoms with van der Waals surface area (Å²) in [6, 6.07) is 20.2. The van der Waals surface area contributed by atoms with Crippen molar-refractivity contribution >= 4 is 38.5 Å². The van der Waals surface area contributed by atoms with Gasteiger partial charge in [-0.25, -0.2) is 8.42 Å². The van der Waals surface area contributed by atoms with Crippen LogP contribution in [0.25, 0.3) is 10.9 Å². The average Bonchev–Trinajstić information content (AvgIpc) is 3.22. The molecule has 0 fully saturated rings. The number of benzene rings is 3. The molecule has 4 rings (SSSR count). The minimum absolute atomic E-state index is 0.0316. The van der Waals surface area contributed by atoms with Crippen molar-refractivity contribution in [1.29, 1.82) is 0 Å². The number of aromatic nitrogens is 1. The summed E-state index contributed by atoms with van der Waals surface area (Å²) in [6.45, 7) is 0. The quantitative estimate of drug-likeness (QED) is 0.318. The van der Waals surface area contributed by atoms with Gasteiger partial charge in [-0.15, -0.1) is 0 Å². The Bertz CT molecular complexity index is 1400. The number of sulfonamides is 1. The Balaban J connectivity index is 1.49. The standard InChI is InChI=1S/C24H21N3O5S/c28-23(26-18-6-2-1-3-7-18)16-10-12-19(13-11-16)33(31,32)27-22(24(29)30)14-17-15-25-21-9-5-4-8-20(17)21/h1-13,15,22,25,27H,14H2,(H,26,28)(H,29,30)/t22-/m1/s1. The first-order chi connectivity index (χ1) is 15.8. The first kappa shape index (κ1) is 22.3. The number of H-pyrrole nitrogens is 1. The van der Waals surface area contributed by atoms with Crippen molar-refractivity contribution in [1.82, 2.24) is 9.71 Å². The van der Waals surface area contributed by atoms with Gasteiger partial charge in [-0.2, -0.15) is 4.72 Å². The van der Waals surface area contributed by atoms with Crippen LogP contribution in [0.1, 0.15) is 15.9 Å². The van der Waals surface area contributed by atoms with Crippen molar-refractivity contribution in [3.63, 3.8) is 0 Å². The number of amides is 1. The summed E-state index contributed by atoms with van der Waals surface area (Å²) in [5.41, 5.74) is 2.41. The number of para-hydroxylation sites is 2. The number of rotatable bonds is 8. The van der Waals surface area contributed by atoms with E-state index in [4.69, 9.17) is 0 Å². The van der Waals surface area contributed by atoms with Gasteiger partial charge in [0.25, 0.3) is 5.91 Å². The molecule has 4 N–H and O–H groups in total. The predicted octanol–water partition coefficient (Wildman–Crippen LogP) is 3.39. The Labute approximate surface area is 190 Å². The fourth-order valence-electron chi connectivity index (χ4n) is 3.47. The monoisotopic (exact) mass is 463 g/mol. The van der Waals surface area contributed by atoms with Crippen LogP contribution < -0.4 is 10.0 Å². The summed E-state index contributed by atoms with van der Waals surface area (Å²) in [5.74, 6) is -1.68. The Morgan fingerprint density at radius 2 is 1.58 bits per heavy atom. The van der Waals surface area contributed by atoms with E-state index in [1.807, 2.05) is 30.3 Å². The number of carbonyl (C=O) groups is 2. The molecule has 0 aliphatic carbocycles. The molecule has 1 aromatic heterocycles. The Morgan fingerprint density at radius 1 is 0.909 bits per heavy atom.